The predicted octanol–water partition coefficient (Wildman–Crippen LogP) is 7.07. The first kappa shape index (κ1) is 34.6. The highest BCUT2D eigenvalue weighted by molar-refractivity contribution is 7.89. The van der Waals surface area contributed by atoms with Crippen LogP contribution < -0.4 is 10.0 Å². The van der Waals surface area contributed by atoms with Gasteiger partial charge in [-0.1, -0.05) is 32.3 Å². The lowest BCUT2D eigenvalue weighted by molar-refractivity contribution is -0.180. The molecule has 4 rings (SSSR count). The normalized spacial score (nSPS) is 16.5. The van der Waals surface area contributed by atoms with Crippen molar-refractivity contribution in [3.63, 3.8) is 0 Å². The number of carbonyl (C=O) groups is 1. The molecule has 8 nitrogen and oxygen atoms in total. The number of hydrogen-bond acceptors (Lipinski definition) is 6. The quantitative estimate of drug-likeness (QED) is 0.130. The topological polar surface area (TPSA) is 106 Å². The molecule has 0 amide bonds. The first-order valence-electron chi connectivity index (χ1n) is 14.8. The van der Waals surface area contributed by atoms with Crippen LogP contribution in [0.3, 0.4) is 0 Å². The highest BCUT2D eigenvalue weighted by atomic mass is 32.2. The third-order valence-electron chi connectivity index (χ3n) is 8.25. The molecular formula is C31H38F5N5O3S. The average molecular weight is 656 g/mol. The maximum Gasteiger partial charge on any atom is 0.407 e. The van der Waals surface area contributed by atoms with E-state index in [4.69, 9.17) is 0 Å². The second-order valence-corrected chi connectivity index (χ2v) is 13.5. The molecule has 1 saturated carbocycles. The minimum atomic E-state index is -4.86. The molecule has 14 heteroatoms. The number of Topliss-reactive ketones (excluding diaryl/α,β-unsaturated/α-hetero) is 1. The molecule has 0 aromatic carbocycles. The number of allylic oxidation sites excluding steroid dienone is 2. The summed E-state index contributed by atoms with van der Waals surface area (Å²) in [6.45, 7) is 4.69. The van der Waals surface area contributed by atoms with E-state index in [-0.39, 0.29) is 28.5 Å². The molecule has 1 aliphatic rings. The predicted molar refractivity (Wildman–Crippen MR) is 162 cm³/mol. The fourth-order valence-corrected chi connectivity index (χ4v) is 7.04. The van der Waals surface area contributed by atoms with Gasteiger partial charge < -0.3 is 9.88 Å². The Hall–Kier alpha value is -3.23. The van der Waals surface area contributed by atoms with E-state index in [9.17, 15) is 26.4 Å². The molecule has 0 radical (unpaired) electrons. The number of fused-ring (bicyclic) bond motifs is 1. The van der Waals surface area contributed by atoms with Gasteiger partial charge in [0.15, 0.2) is 5.78 Å². The van der Waals surface area contributed by atoms with E-state index >= 15 is 8.78 Å². The van der Waals surface area contributed by atoms with Crippen LogP contribution in [0.1, 0.15) is 88.2 Å². The number of sulfonamides is 1. The largest absolute Gasteiger partial charge is 0.407 e. The number of halogens is 5. The smallest absolute Gasteiger partial charge is 0.320 e. The summed E-state index contributed by atoms with van der Waals surface area (Å²) < 4.78 is 99.8. The lowest BCUT2D eigenvalue weighted by Crippen LogP contribution is -2.54. The third kappa shape index (κ3) is 6.82. The van der Waals surface area contributed by atoms with E-state index in [0.29, 0.717) is 31.6 Å². The van der Waals surface area contributed by atoms with Gasteiger partial charge in [-0.3, -0.25) is 9.78 Å². The number of ketones is 1. The molecule has 0 bridgehead atoms. The van der Waals surface area contributed by atoms with Crippen LogP contribution in [0.2, 0.25) is 0 Å². The van der Waals surface area contributed by atoms with Gasteiger partial charge in [-0.15, -0.1) is 0 Å². The molecule has 3 heterocycles. The Kier molecular flexibility index (Phi) is 9.91. The Balaban J connectivity index is 1.99. The van der Waals surface area contributed by atoms with Gasteiger partial charge >= 0.3 is 6.18 Å². The Labute approximate surface area is 259 Å². The minimum absolute atomic E-state index is 0.113. The fourth-order valence-electron chi connectivity index (χ4n) is 5.70. The molecule has 0 spiro atoms. The van der Waals surface area contributed by atoms with Crippen LogP contribution >= 0.6 is 0 Å². The Bertz CT molecular complexity index is 1670. The van der Waals surface area contributed by atoms with Gasteiger partial charge in [0.2, 0.25) is 10.0 Å². The average Bonchev–Trinajstić information content (AvgIpc) is 3.31. The molecule has 246 valence electrons. The highest BCUT2D eigenvalue weighted by Crippen LogP contribution is 2.42. The Morgan fingerprint density at radius 1 is 1.09 bits per heavy atom. The molecule has 45 heavy (non-hydrogen) atoms. The molecule has 1 atom stereocenters. The van der Waals surface area contributed by atoms with Gasteiger partial charge in [0.25, 0.3) is 5.92 Å². The summed E-state index contributed by atoms with van der Waals surface area (Å²) in [5.41, 5.74) is -2.27. The zero-order valence-corrected chi connectivity index (χ0v) is 26.6. The van der Waals surface area contributed by atoms with Crippen molar-refractivity contribution in [1.82, 2.24) is 24.6 Å². The van der Waals surface area contributed by atoms with Crippen molar-refractivity contribution in [3.8, 4) is 11.4 Å². The highest BCUT2D eigenvalue weighted by Gasteiger charge is 2.50. The number of nitrogens with zero attached hydrogens (tertiary/aromatic N) is 3. The van der Waals surface area contributed by atoms with E-state index in [1.54, 1.807) is 18.7 Å². The third-order valence-corrected chi connectivity index (χ3v) is 9.89. The van der Waals surface area contributed by atoms with Crippen molar-refractivity contribution in [1.29, 1.82) is 0 Å². The molecule has 3 aromatic heterocycles. The van der Waals surface area contributed by atoms with Crippen LogP contribution in [0.4, 0.5) is 22.0 Å². The first-order valence-corrected chi connectivity index (χ1v) is 16.3. The number of pyridine rings is 2. The van der Waals surface area contributed by atoms with Crippen LogP contribution in [0.15, 0.2) is 47.6 Å². The van der Waals surface area contributed by atoms with E-state index in [2.05, 4.69) is 15.3 Å². The second-order valence-electron chi connectivity index (χ2n) is 11.8. The number of likely N-dealkylation sites (N-methyl/N-ethyl adjacent to an activating group) is 1. The summed E-state index contributed by atoms with van der Waals surface area (Å²) in [4.78, 5) is 22.4. The zero-order valence-electron chi connectivity index (χ0n) is 25.8. The monoisotopic (exact) mass is 655 g/mol. The maximum atomic E-state index is 15.1. The summed E-state index contributed by atoms with van der Waals surface area (Å²) in [7, 11) is -3.03. The van der Waals surface area contributed by atoms with E-state index in [1.807, 2.05) is 4.57 Å². The van der Waals surface area contributed by atoms with E-state index in [0.717, 1.165) is 56.6 Å². The van der Waals surface area contributed by atoms with Gasteiger partial charge in [0.1, 0.15) is 16.1 Å². The lowest BCUT2D eigenvalue weighted by atomic mass is 9.94. The molecule has 2 N–H and O–H groups in total. The standard InChI is InChI=1S/C31H38F5N5O3S/c1-6-15-30(32,33)19-16-22-25(27(42)23(7-2)37-5)26(41(28(22)39-17-19)20-11-9-8-10-12-20)24-14-13-21(18-38-24)45(43,44)40-29(3,4)31(34,35)36/h6,13-18,20,23,37,40H,7-12H2,1-5H3. The van der Waals surface area contributed by atoms with Gasteiger partial charge in [-0.05, 0) is 71.4 Å². The molecule has 0 saturated heterocycles. The van der Waals surface area contributed by atoms with Crippen molar-refractivity contribution in [2.45, 2.75) is 101 Å². The molecule has 0 aliphatic heterocycles. The number of alkyl halides is 5. The first-order chi connectivity index (χ1) is 21.0. The summed E-state index contributed by atoms with van der Waals surface area (Å²) >= 11 is 0. The number of rotatable bonds is 11. The van der Waals surface area contributed by atoms with Gasteiger partial charge in [-0.25, -0.2) is 13.4 Å². The summed E-state index contributed by atoms with van der Waals surface area (Å²) in [6, 6.07) is 2.87. The van der Waals surface area contributed by atoms with Crippen molar-refractivity contribution >= 4 is 26.8 Å². The number of carbonyl (C=O) groups excluding carboxylic acids is 1. The van der Waals surface area contributed by atoms with Crippen LogP contribution in [0.25, 0.3) is 22.4 Å². The summed E-state index contributed by atoms with van der Waals surface area (Å²) in [5, 5.41) is 3.18. The van der Waals surface area contributed by atoms with Crippen LogP contribution in [-0.2, 0) is 15.9 Å². The SMILES string of the molecule is CC=CC(F)(F)c1cnc2c(c1)c(C(=O)C(CC)NC)c(-c1ccc(S(=O)(=O)NC(C)(C)C(F)(F)F)cn1)n2C1CCCCC1. The van der Waals surface area contributed by atoms with Crippen LogP contribution in [0, 0.1) is 0 Å². The van der Waals surface area contributed by atoms with Crippen LogP contribution in [0.5, 0.6) is 0 Å². The molecule has 1 fully saturated rings. The number of hydrogen-bond donors (Lipinski definition) is 2. The molecule has 1 unspecified atom stereocenters. The number of nitrogens with one attached hydrogen (secondary N) is 2. The Morgan fingerprint density at radius 3 is 2.29 bits per heavy atom. The van der Waals surface area contributed by atoms with Gasteiger partial charge in [0, 0.05) is 29.4 Å². The van der Waals surface area contributed by atoms with Crippen molar-refractivity contribution < 1.29 is 35.2 Å². The van der Waals surface area contributed by atoms with E-state index < -0.39 is 44.2 Å². The summed E-state index contributed by atoms with van der Waals surface area (Å²) in [6.07, 6.45) is 3.77. The lowest BCUT2D eigenvalue weighted by Gasteiger charge is -2.28. The molecular weight excluding hydrogens is 617 g/mol. The van der Waals surface area contributed by atoms with Crippen LogP contribution in [-0.4, -0.2) is 53.5 Å². The zero-order chi connectivity index (χ0) is 33.4. The molecule has 1 aliphatic carbocycles. The van der Waals surface area contributed by atoms with Gasteiger partial charge in [0.05, 0.1) is 23.0 Å². The van der Waals surface area contributed by atoms with Crippen molar-refractivity contribution in [2.75, 3.05) is 7.05 Å². The Morgan fingerprint density at radius 2 is 1.76 bits per heavy atom. The van der Waals surface area contributed by atoms with E-state index in [1.165, 1.54) is 25.1 Å². The van der Waals surface area contributed by atoms with Gasteiger partial charge in [-0.2, -0.15) is 26.7 Å². The van der Waals surface area contributed by atoms with Crippen molar-refractivity contribution in [2.24, 2.45) is 0 Å². The second kappa shape index (κ2) is 12.9. The fraction of sp³-hybridized carbons (Fsp3) is 0.516. The maximum absolute atomic E-state index is 15.1. The number of aromatic nitrogens is 3. The van der Waals surface area contributed by atoms with Crippen molar-refractivity contribution in [3.05, 3.63) is 53.9 Å². The minimum Gasteiger partial charge on any atom is -0.320 e. The molecule has 3 aromatic rings. The summed E-state index contributed by atoms with van der Waals surface area (Å²) in [5.74, 6) is -3.74.